The monoisotopic (exact) mass is 272 g/mol. The van der Waals surface area contributed by atoms with Crippen molar-refractivity contribution in [2.75, 3.05) is 0 Å². The molecule has 0 aliphatic heterocycles. The first-order valence-electron chi connectivity index (χ1n) is 6.27. The van der Waals surface area contributed by atoms with Crippen LogP contribution in [0, 0.1) is 17.0 Å². The third-order valence-corrected chi connectivity index (χ3v) is 3.01. The van der Waals surface area contributed by atoms with E-state index in [0.29, 0.717) is 11.3 Å². The predicted octanol–water partition coefficient (Wildman–Crippen LogP) is 3.72. The van der Waals surface area contributed by atoms with Crippen LogP contribution < -0.4 is 10.5 Å². The van der Waals surface area contributed by atoms with Crippen molar-refractivity contribution in [3.05, 3.63) is 63.7 Å². The summed E-state index contributed by atoms with van der Waals surface area (Å²) in [6, 6.07) is 11.9. The largest absolute Gasteiger partial charge is 0.449 e. The van der Waals surface area contributed by atoms with Crippen LogP contribution in [0.5, 0.6) is 11.5 Å². The highest BCUT2D eigenvalue weighted by atomic mass is 16.6. The van der Waals surface area contributed by atoms with E-state index < -0.39 is 4.92 Å². The number of aryl methyl sites for hydroxylation is 1. The molecule has 0 fully saturated rings. The van der Waals surface area contributed by atoms with Gasteiger partial charge >= 0.3 is 5.69 Å². The topological polar surface area (TPSA) is 78.4 Å². The van der Waals surface area contributed by atoms with Crippen molar-refractivity contribution in [2.45, 2.75) is 19.9 Å². The maximum Gasteiger partial charge on any atom is 0.311 e. The zero-order valence-electron chi connectivity index (χ0n) is 11.4. The van der Waals surface area contributed by atoms with Crippen LogP contribution in [0.4, 0.5) is 5.69 Å². The molecule has 5 nitrogen and oxygen atoms in total. The van der Waals surface area contributed by atoms with Gasteiger partial charge < -0.3 is 10.5 Å². The van der Waals surface area contributed by atoms with Crippen LogP contribution in [0.15, 0.2) is 42.5 Å². The van der Waals surface area contributed by atoms with Crippen LogP contribution in [0.25, 0.3) is 0 Å². The number of para-hydroxylation sites is 2. The Morgan fingerprint density at radius 2 is 1.90 bits per heavy atom. The molecule has 0 saturated heterocycles. The molecule has 1 unspecified atom stereocenters. The lowest BCUT2D eigenvalue weighted by atomic mass is 10.1. The number of nitrogens with zero attached hydrogens (tertiary/aromatic N) is 1. The highest BCUT2D eigenvalue weighted by molar-refractivity contribution is 5.54. The summed E-state index contributed by atoms with van der Waals surface area (Å²) in [4.78, 5) is 10.6. The van der Waals surface area contributed by atoms with E-state index in [0.717, 1.165) is 5.56 Å². The average molecular weight is 272 g/mol. The average Bonchev–Trinajstić information content (AvgIpc) is 2.41. The van der Waals surface area contributed by atoms with Crippen molar-refractivity contribution in [3.8, 4) is 11.5 Å². The fourth-order valence-electron chi connectivity index (χ4n) is 1.97. The van der Waals surface area contributed by atoms with Gasteiger partial charge in [0.05, 0.1) is 4.92 Å². The Balaban J connectivity index is 2.48. The Morgan fingerprint density at radius 3 is 2.55 bits per heavy atom. The molecule has 0 bridgehead atoms. The van der Waals surface area contributed by atoms with Gasteiger partial charge in [-0.2, -0.15) is 0 Å². The second-order valence-electron chi connectivity index (χ2n) is 4.61. The summed E-state index contributed by atoms with van der Waals surface area (Å²) in [5, 5.41) is 11.1. The Bertz CT molecular complexity index is 639. The summed E-state index contributed by atoms with van der Waals surface area (Å²) < 4.78 is 5.77. The smallest absolute Gasteiger partial charge is 0.311 e. The van der Waals surface area contributed by atoms with Gasteiger partial charge in [-0.25, -0.2) is 0 Å². The van der Waals surface area contributed by atoms with Gasteiger partial charge in [-0.15, -0.1) is 0 Å². The molecule has 0 aliphatic rings. The maximum atomic E-state index is 11.1. The minimum absolute atomic E-state index is 0.0514. The molecule has 5 heteroatoms. The van der Waals surface area contributed by atoms with Gasteiger partial charge in [0.25, 0.3) is 0 Å². The second kappa shape index (κ2) is 5.71. The summed E-state index contributed by atoms with van der Waals surface area (Å²) in [6.07, 6.45) is 0. The van der Waals surface area contributed by atoms with Crippen LogP contribution in [0.2, 0.25) is 0 Å². The van der Waals surface area contributed by atoms with Crippen LogP contribution in [-0.2, 0) is 0 Å². The van der Waals surface area contributed by atoms with E-state index in [1.54, 1.807) is 25.1 Å². The first-order valence-corrected chi connectivity index (χ1v) is 6.27. The van der Waals surface area contributed by atoms with Gasteiger partial charge in [0.2, 0.25) is 5.75 Å². The fraction of sp³-hybridized carbons (Fsp3) is 0.200. The lowest BCUT2D eigenvalue weighted by molar-refractivity contribution is -0.385. The Kier molecular flexibility index (Phi) is 4.00. The molecule has 0 radical (unpaired) electrons. The third kappa shape index (κ3) is 2.78. The fourth-order valence-corrected chi connectivity index (χ4v) is 1.97. The van der Waals surface area contributed by atoms with Crippen molar-refractivity contribution in [1.29, 1.82) is 0 Å². The van der Waals surface area contributed by atoms with Gasteiger partial charge in [0, 0.05) is 17.7 Å². The lowest BCUT2D eigenvalue weighted by Gasteiger charge is -2.14. The summed E-state index contributed by atoms with van der Waals surface area (Å²) >= 11 is 0. The van der Waals surface area contributed by atoms with Crippen molar-refractivity contribution in [3.63, 3.8) is 0 Å². The molecular formula is C15H16N2O3. The molecule has 2 rings (SSSR count). The SMILES string of the molecule is Cc1cccc([N+](=O)[O-])c1Oc1ccccc1C(C)N. The van der Waals surface area contributed by atoms with Crippen LogP contribution in [0.1, 0.15) is 24.1 Å². The van der Waals surface area contributed by atoms with E-state index in [4.69, 9.17) is 10.5 Å². The normalized spacial score (nSPS) is 11.9. The summed E-state index contributed by atoms with van der Waals surface area (Å²) in [5.41, 5.74) is 7.36. The van der Waals surface area contributed by atoms with Gasteiger partial charge in [0.1, 0.15) is 5.75 Å². The van der Waals surface area contributed by atoms with Gasteiger partial charge in [-0.05, 0) is 25.5 Å². The summed E-state index contributed by atoms with van der Waals surface area (Å²) in [5.74, 6) is 0.797. The predicted molar refractivity (Wildman–Crippen MR) is 77.0 cm³/mol. The Labute approximate surface area is 117 Å². The van der Waals surface area contributed by atoms with Crippen molar-refractivity contribution >= 4 is 5.69 Å². The van der Waals surface area contributed by atoms with E-state index in [9.17, 15) is 10.1 Å². The van der Waals surface area contributed by atoms with Crippen LogP contribution >= 0.6 is 0 Å². The standard InChI is InChI=1S/C15H16N2O3/c1-10-6-5-8-13(17(18)19)15(10)20-14-9-4-3-7-12(14)11(2)16/h3-9,11H,16H2,1-2H3. The van der Waals surface area contributed by atoms with Crippen molar-refractivity contribution < 1.29 is 9.66 Å². The molecule has 1 atom stereocenters. The quantitative estimate of drug-likeness (QED) is 0.679. The van der Waals surface area contributed by atoms with Crippen LogP contribution in [-0.4, -0.2) is 4.92 Å². The molecule has 0 spiro atoms. The molecule has 20 heavy (non-hydrogen) atoms. The Morgan fingerprint density at radius 1 is 1.20 bits per heavy atom. The molecule has 0 amide bonds. The number of nitrogens with two attached hydrogens (primary N) is 1. The zero-order chi connectivity index (χ0) is 14.7. The van der Waals surface area contributed by atoms with Crippen molar-refractivity contribution in [1.82, 2.24) is 0 Å². The van der Waals surface area contributed by atoms with Gasteiger partial charge in [-0.1, -0.05) is 30.3 Å². The first kappa shape index (κ1) is 14.0. The summed E-state index contributed by atoms with van der Waals surface area (Å²) in [6.45, 7) is 3.62. The minimum atomic E-state index is -0.448. The maximum absolute atomic E-state index is 11.1. The molecule has 0 aromatic heterocycles. The van der Waals surface area contributed by atoms with E-state index in [-0.39, 0.29) is 17.5 Å². The molecule has 0 aliphatic carbocycles. The number of rotatable bonds is 4. The molecular weight excluding hydrogens is 256 g/mol. The van der Waals surface area contributed by atoms with E-state index in [1.807, 2.05) is 25.1 Å². The van der Waals surface area contributed by atoms with Crippen LogP contribution in [0.3, 0.4) is 0 Å². The van der Waals surface area contributed by atoms with Gasteiger partial charge in [0.15, 0.2) is 0 Å². The first-order chi connectivity index (χ1) is 9.50. The van der Waals surface area contributed by atoms with Crippen molar-refractivity contribution in [2.24, 2.45) is 5.73 Å². The molecule has 2 aromatic rings. The molecule has 0 heterocycles. The molecule has 2 N–H and O–H groups in total. The number of hydrogen-bond acceptors (Lipinski definition) is 4. The lowest BCUT2D eigenvalue weighted by Crippen LogP contribution is -2.07. The Hall–Kier alpha value is -2.40. The van der Waals surface area contributed by atoms with E-state index >= 15 is 0 Å². The van der Waals surface area contributed by atoms with Gasteiger partial charge in [-0.3, -0.25) is 10.1 Å². The molecule has 104 valence electrons. The summed E-state index contributed by atoms with van der Waals surface area (Å²) in [7, 11) is 0. The number of benzene rings is 2. The number of ether oxygens (including phenoxy) is 1. The molecule has 2 aromatic carbocycles. The second-order valence-corrected chi connectivity index (χ2v) is 4.61. The van der Waals surface area contributed by atoms with E-state index in [2.05, 4.69) is 0 Å². The number of hydrogen-bond donors (Lipinski definition) is 1. The molecule has 0 saturated carbocycles. The number of nitro benzene ring substituents is 1. The number of nitro groups is 1. The van der Waals surface area contributed by atoms with E-state index in [1.165, 1.54) is 6.07 Å². The minimum Gasteiger partial charge on any atom is -0.449 e. The zero-order valence-corrected chi connectivity index (χ0v) is 11.4. The highest BCUT2D eigenvalue weighted by Crippen LogP contribution is 2.36. The highest BCUT2D eigenvalue weighted by Gasteiger charge is 2.19. The third-order valence-electron chi connectivity index (χ3n) is 3.01.